The van der Waals surface area contributed by atoms with Crippen LogP contribution in [0, 0.1) is 5.82 Å². The van der Waals surface area contributed by atoms with Crippen LogP contribution >= 0.6 is 0 Å². The van der Waals surface area contributed by atoms with Crippen LogP contribution in [-0.2, 0) is 17.8 Å². The van der Waals surface area contributed by atoms with E-state index in [1.807, 2.05) is 24.3 Å². The van der Waals surface area contributed by atoms with Crippen molar-refractivity contribution < 1.29 is 13.9 Å². The first kappa shape index (κ1) is 17.9. The van der Waals surface area contributed by atoms with Crippen molar-refractivity contribution in [2.24, 2.45) is 5.73 Å². The van der Waals surface area contributed by atoms with Crippen LogP contribution in [0.4, 0.5) is 4.39 Å². The molecule has 2 aromatic carbocycles. The molecular weight excluding hydrogens is 307 g/mol. The van der Waals surface area contributed by atoms with E-state index in [2.05, 4.69) is 0 Å². The summed E-state index contributed by atoms with van der Waals surface area (Å²) in [6.45, 7) is 2.60. The molecular formula is C19H23FN2O2. The van der Waals surface area contributed by atoms with E-state index in [4.69, 9.17) is 10.5 Å². The topological polar surface area (TPSA) is 55.6 Å². The van der Waals surface area contributed by atoms with Crippen LogP contribution in [-0.4, -0.2) is 30.5 Å². The highest BCUT2D eigenvalue weighted by molar-refractivity contribution is 5.81. The van der Waals surface area contributed by atoms with Crippen molar-refractivity contribution in [3.63, 3.8) is 0 Å². The third kappa shape index (κ3) is 4.80. The van der Waals surface area contributed by atoms with Gasteiger partial charge in [-0.3, -0.25) is 4.79 Å². The molecule has 0 aromatic heterocycles. The van der Waals surface area contributed by atoms with E-state index < -0.39 is 6.04 Å². The van der Waals surface area contributed by atoms with Crippen molar-refractivity contribution in [3.05, 3.63) is 65.5 Å². The van der Waals surface area contributed by atoms with E-state index in [9.17, 15) is 9.18 Å². The van der Waals surface area contributed by atoms with Gasteiger partial charge in [-0.05, 0) is 37.1 Å². The van der Waals surface area contributed by atoms with E-state index >= 15 is 0 Å². The van der Waals surface area contributed by atoms with Crippen LogP contribution in [0.2, 0.25) is 0 Å². The first-order valence-corrected chi connectivity index (χ1v) is 7.92. The first-order chi connectivity index (χ1) is 11.5. The van der Waals surface area contributed by atoms with Crippen LogP contribution in [0.25, 0.3) is 0 Å². The maximum atomic E-state index is 13.0. The van der Waals surface area contributed by atoms with Gasteiger partial charge in [0, 0.05) is 18.7 Å². The molecule has 0 unspecified atom stereocenters. The fraction of sp³-hybridized carbons (Fsp3) is 0.316. The predicted molar refractivity (Wildman–Crippen MR) is 92.2 cm³/mol. The number of hydrogen-bond donors (Lipinski definition) is 1. The smallest absolute Gasteiger partial charge is 0.239 e. The van der Waals surface area contributed by atoms with Crippen molar-refractivity contribution in [1.82, 2.24) is 4.90 Å². The number of nitrogens with zero attached hydrogens (tertiary/aromatic N) is 1. The summed E-state index contributed by atoms with van der Waals surface area (Å²) in [7, 11) is 1.61. The number of benzene rings is 2. The molecule has 0 radical (unpaired) electrons. The summed E-state index contributed by atoms with van der Waals surface area (Å²) in [4.78, 5) is 14.1. The third-order valence-electron chi connectivity index (χ3n) is 3.84. The van der Waals surface area contributed by atoms with Crippen LogP contribution < -0.4 is 10.5 Å². The third-order valence-corrected chi connectivity index (χ3v) is 3.84. The van der Waals surface area contributed by atoms with Gasteiger partial charge in [0.15, 0.2) is 0 Å². The molecule has 4 nitrogen and oxygen atoms in total. The van der Waals surface area contributed by atoms with Gasteiger partial charge >= 0.3 is 0 Å². The fourth-order valence-corrected chi connectivity index (χ4v) is 2.51. The molecule has 5 heteroatoms. The molecule has 0 aliphatic carbocycles. The molecule has 0 bridgehead atoms. The Morgan fingerprint density at radius 2 is 1.88 bits per heavy atom. The first-order valence-electron chi connectivity index (χ1n) is 7.92. The lowest BCUT2D eigenvalue weighted by atomic mass is 10.1. The zero-order chi connectivity index (χ0) is 17.5. The number of carbonyl (C=O) groups is 1. The highest BCUT2D eigenvalue weighted by Gasteiger charge is 2.19. The minimum Gasteiger partial charge on any atom is -0.496 e. The molecule has 0 aliphatic heterocycles. The molecule has 24 heavy (non-hydrogen) atoms. The second kappa shape index (κ2) is 8.45. The van der Waals surface area contributed by atoms with E-state index in [1.165, 1.54) is 12.1 Å². The Bertz CT molecular complexity index is 671. The Morgan fingerprint density at radius 3 is 2.50 bits per heavy atom. The van der Waals surface area contributed by atoms with Gasteiger partial charge in [0.25, 0.3) is 0 Å². The SMILES string of the molecule is COc1ccccc1CN(CCc1ccc(F)cc1)C(=O)[C@H](C)N. The minimum atomic E-state index is -0.576. The van der Waals surface area contributed by atoms with Gasteiger partial charge in [0.2, 0.25) is 5.91 Å². The molecule has 128 valence electrons. The number of rotatable bonds is 7. The summed E-state index contributed by atoms with van der Waals surface area (Å²) in [5.41, 5.74) is 7.67. The van der Waals surface area contributed by atoms with Gasteiger partial charge in [-0.15, -0.1) is 0 Å². The average molecular weight is 330 g/mol. The zero-order valence-electron chi connectivity index (χ0n) is 14.0. The Morgan fingerprint density at radius 1 is 1.21 bits per heavy atom. The van der Waals surface area contributed by atoms with Gasteiger partial charge in [-0.25, -0.2) is 4.39 Å². The number of carbonyl (C=O) groups excluding carboxylic acids is 1. The lowest BCUT2D eigenvalue weighted by Crippen LogP contribution is -2.42. The molecule has 0 aliphatic rings. The predicted octanol–water partition coefficient (Wildman–Crippen LogP) is 2.75. The maximum Gasteiger partial charge on any atom is 0.239 e. The van der Waals surface area contributed by atoms with Crippen LogP contribution in [0.5, 0.6) is 5.75 Å². The molecule has 2 N–H and O–H groups in total. The second-order valence-electron chi connectivity index (χ2n) is 5.74. The largest absolute Gasteiger partial charge is 0.496 e. The summed E-state index contributed by atoms with van der Waals surface area (Å²) in [5.74, 6) is 0.348. The zero-order valence-corrected chi connectivity index (χ0v) is 14.0. The molecule has 0 heterocycles. The van der Waals surface area contributed by atoms with Crippen molar-refractivity contribution in [2.75, 3.05) is 13.7 Å². The minimum absolute atomic E-state index is 0.122. The molecule has 0 saturated heterocycles. The second-order valence-corrected chi connectivity index (χ2v) is 5.74. The van der Waals surface area contributed by atoms with Gasteiger partial charge in [-0.1, -0.05) is 30.3 Å². The van der Waals surface area contributed by atoms with Crippen molar-refractivity contribution in [3.8, 4) is 5.75 Å². The van der Waals surface area contributed by atoms with Crippen molar-refractivity contribution in [1.29, 1.82) is 0 Å². The molecule has 0 fully saturated rings. The summed E-state index contributed by atoms with van der Waals surface area (Å²) < 4.78 is 18.3. The van der Waals surface area contributed by atoms with Gasteiger partial charge < -0.3 is 15.4 Å². The molecule has 2 aromatic rings. The molecule has 1 amide bonds. The lowest BCUT2D eigenvalue weighted by molar-refractivity contribution is -0.132. The highest BCUT2D eigenvalue weighted by Crippen LogP contribution is 2.20. The molecule has 1 atom stereocenters. The van der Waals surface area contributed by atoms with Crippen molar-refractivity contribution in [2.45, 2.75) is 25.9 Å². The summed E-state index contributed by atoms with van der Waals surface area (Å²) in [5, 5.41) is 0. The molecule has 0 spiro atoms. The molecule has 0 saturated carbocycles. The Hall–Kier alpha value is -2.40. The number of ether oxygens (including phenoxy) is 1. The Balaban J connectivity index is 2.12. The van der Waals surface area contributed by atoms with Gasteiger partial charge in [-0.2, -0.15) is 0 Å². The molecule has 2 rings (SSSR count). The number of hydrogen-bond acceptors (Lipinski definition) is 3. The summed E-state index contributed by atoms with van der Waals surface area (Å²) in [6.07, 6.45) is 0.633. The van der Waals surface area contributed by atoms with E-state index in [-0.39, 0.29) is 11.7 Å². The lowest BCUT2D eigenvalue weighted by Gasteiger charge is -2.25. The van der Waals surface area contributed by atoms with E-state index in [0.717, 1.165) is 16.9 Å². The Labute approximate surface area is 142 Å². The quantitative estimate of drug-likeness (QED) is 0.849. The van der Waals surface area contributed by atoms with Gasteiger partial charge in [0.05, 0.1) is 13.2 Å². The summed E-state index contributed by atoms with van der Waals surface area (Å²) in [6, 6.07) is 13.3. The highest BCUT2D eigenvalue weighted by atomic mass is 19.1. The normalized spacial score (nSPS) is 11.8. The van der Waals surface area contributed by atoms with Crippen molar-refractivity contribution >= 4 is 5.91 Å². The number of halogens is 1. The monoisotopic (exact) mass is 330 g/mol. The number of para-hydroxylation sites is 1. The number of methoxy groups -OCH3 is 1. The maximum absolute atomic E-state index is 13.0. The number of amides is 1. The van der Waals surface area contributed by atoms with Crippen LogP contribution in [0.1, 0.15) is 18.1 Å². The standard InChI is InChI=1S/C19H23FN2O2/c1-14(21)19(23)22(12-11-15-7-9-17(20)10-8-15)13-16-5-3-4-6-18(16)24-2/h3-10,14H,11-13,21H2,1-2H3/t14-/m0/s1. The average Bonchev–Trinajstić information content (AvgIpc) is 2.59. The summed E-state index contributed by atoms with van der Waals surface area (Å²) >= 11 is 0. The van der Waals surface area contributed by atoms with Crippen LogP contribution in [0.3, 0.4) is 0 Å². The van der Waals surface area contributed by atoms with Crippen LogP contribution in [0.15, 0.2) is 48.5 Å². The number of nitrogens with two attached hydrogens (primary N) is 1. The van der Waals surface area contributed by atoms with Gasteiger partial charge in [0.1, 0.15) is 11.6 Å². The Kier molecular flexibility index (Phi) is 6.32. The fourth-order valence-electron chi connectivity index (χ4n) is 2.51. The van der Waals surface area contributed by atoms with E-state index in [0.29, 0.717) is 19.5 Å². The van der Waals surface area contributed by atoms with E-state index in [1.54, 1.807) is 31.1 Å².